The van der Waals surface area contributed by atoms with Crippen molar-refractivity contribution < 1.29 is 17.6 Å². The van der Waals surface area contributed by atoms with Crippen LogP contribution in [-0.4, -0.2) is 30.4 Å². The second-order valence-electron chi connectivity index (χ2n) is 4.74. The highest BCUT2D eigenvalue weighted by atomic mass is 19.4. The maximum atomic E-state index is 12.7. The SMILES string of the molecule is FCC1=CN=C2NC3=CCC(C(F)(F)F)N=C3C2C1. The zero-order valence-corrected chi connectivity index (χ0v) is 9.84. The predicted molar refractivity (Wildman–Crippen MR) is 62.7 cm³/mol. The number of alkyl halides is 4. The van der Waals surface area contributed by atoms with Gasteiger partial charge >= 0.3 is 6.18 Å². The number of fused-ring (bicyclic) bond motifs is 3. The van der Waals surface area contributed by atoms with Crippen LogP contribution in [-0.2, 0) is 0 Å². The first-order valence-corrected chi connectivity index (χ1v) is 5.92. The van der Waals surface area contributed by atoms with Gasteiger partial charge in [0, 0.05) is 6.20 Å². The molecule has 2 atom stereocenters. The summed E-state index contributed by atoms with van der Waals surface area (Å²) in [6, 6.07) is -1.70. The Morgan fingerprint density at radius 3 is 2.84 bits per heavy atom. The number of halogens is 4. The summed E-state index contributed by atoms with van der Waals surface area (Å²) in [4.78, 5) is 7.85. The van der Waals surface area contributed by atoms with E-state index in [0.717, 1.165) is 0 Å². The normalized spacial score (nSPS) is 29.5. The average molecular weight is 273 g/mol. The molecule has 0 aromatic heterocycles. The van der Waals surface area contributed by atoms with Crippen molar-refractivity contribution in [3.8, 4) is 0 Å². The second-order valence-corrected chi connectivity index (χ2v) is 4.74. The van der Waals surface area contributed by atoms with Gasteiger partial charge in [-0.15, -0.1) is 0 Å². The second kappa shape index (κ2) is 4.18. The first-order valence-electron chi connectivity index (χ1n) is 5.92. The molecule has 19 heavy (non-hydrogen) atoms. The lowest BCUT2D eigenvalue weighted by Gasteiger charge is -2.21. The summed E-state index contributed by atoms with van der Waals surface area (Å²) in [6.45, 7) is -0.637. The van der Waals surface area contributed by atoms with E-state index in [4.69, 9.17) is 0 Å². The van der Waals surface area contributed by atoms with Crippen molar-refractivity contribution in [3.63, 3.8) is 0 Å². The molecule has 0 amide bonds. The van der Waals surface area contributed by atoms with Gasteiger partial charge in [-0.1, -0.05) is 6.08 Å². The molecule has 3 aliphatic rings. The Hall–Kier alpha value is -1.66. The largest absolute Gasteiger partial charge is 0.411 e. The fourth-order valence-corrected chi connectivity index (χ4v) is 2.46. The van der Waals surface area contributed by atoms with Crippen molar-refractivity contribution in [1.82, 2.24) is 5.32 Å². The van der Waals surface area contributed by atoms with Gasteiger partial charge in [-0.3, -0.25) is 4.99 Å². The zero-order chi connectivity index (χ0) is 13.6. The molecule has 1 fully saturated rings. The fraction of sp³-hybridized carbons (Fsp3) is 0.500. The highest BCUT2D eigenvalue weighted by Crippen LogP contribution is 2.35. The Balaban J connectivity index is 1.92. The smallest absolute Gasteiger partial charge is 0.342 e. The molecule has 3 rings (SSSR count). The number of aliphatic imine (C=N–C) groups is 2. The van der Waals surface area contributed by atoms with Crippen LogP contribution in [0.15, 0.2) is 33.5 Å². The Labute approximate surface area is 106 Å². The van der Waals surface area contributed by atoms with E-state index in [9.17, 15) is 17.6 Å². The summed E-state index contributed by atoms with van der Waals surface area (Å²) in [5, 5.41) is 2.96. The summed E-state index contributed by atoms with van der Waals surface area (Å²) in [5.41, 5.74) is 1.41. The lowest BCUT2D eigenvalue weighted by atomic mass is 9.92. The van der Waals surface area contributed by atoms with Crippen LogP contribution >= 0.6 is 0 Å². The lowest BCUT2D eigenvalue weighted by Crippen LogP contribution is -2.31. The molecular formula is C12H11F4N3. The highest BCUT2D eigenvalue weighted by molar-refractivity contribution is 6.22. The first kappa shape index (κ1) is 12.4. The van der Waals surface area contributed by atoms with Crippen molar-refractivity contribution in [2.24, 2.45) is 15.9 Å². The highest BCUT2D eigenvalue weighted by Gasteiger charge is 2.44. The van der Waals surface area contributed by atoms with Crippen LogP contribution in [0.2, 0.25) is 0 Å². The van der Waals surface area contributed by atoms with Gasteiger partial charge in [-0.25, -0.2) is 9.38 Å². The van der Waals surface area contributed by atoms with Crippen molar-refractivity contribution in [2.75, 3.05) is 6.67 Å². The minimum Gasteiger partial charge on any atom is -0.342 e. The molecular weight excluding hydrogens is 262 g/mol. The molecule has 102 valence electrons. The number of hydrogen-bond acceptors (Lipinski definition) is 3. The van der Waals surface area contributed by atoms with Gasteiger partial charge < -0.3 is 5.32 Å². The van der Waals surface area contributed by atoms with Crippen molar-refractivity contribution in [1.29, 1.82) is 0 Å². The van der Waals surface area contributed by atoms with Crippen molar-refractivity contribution in [2.45, 2.75) is 25.1 Å². The van der Waals surface area contributed by atoms with Crippen LogP contribution in [0.25, 0.3) is 0 Å². The van der Waals surface area contributed by atoms with E-state index < -0.39 is 18.9 Å². The fourth-order valence-electron chi connectivity index (χ4n) is 2.46. The maximum Gasteiger partial charge on any atom is 0.411 e. The topological polar surface area (TPSA) is 36.8 Å². The molecule has 1 saturated heterocycles. The maximum absolute atomic E-state index is 12.7. The van der Waals surface area contributed by atoms with Crippen LogP contribution in [0.4, 0.5) is 17.6 Å². The summed E-state index contributed by atoms with van der Waals surface area (Å²) in [7, 11) is 0. The molecule has 0 radical (unpaired) electrons. The Morgan fingerprint density at radius 1 is 1.37 bits per heavy atom. The third-order valence-electron chi connectivity index (χ3n) is 3.44. The molecule has 0 spiro atoms. The Morgan fingerprint density at radius 2 is 2.16 bits per heavy atom. The number of hydrogen-bond donors (Lipinski definition) is 1. The molecule has 1 N–H and O–H groups in total. The van der Waals surface area contributed by atoms with E-state index in [2.05, 4.69) is 15.3 Å². The van der Waals surface area contributed by atoms with E-state index in [0.29, 0.717) is 29.2 Å². The summed E-state index contributed by atoms with van der Waals surface area (Å²) >= 11 is 0. The Bertz CT molecular complexity index is 528. The minimum atomic E-state index is -4.34. The minimum absolute atomic E-state index is 0.168. The van der Waals surface area contributed by atoms with Crippen LogP contribution in [0.3, 0.4) is 0 Å². The lowest BCUT2D eigenvalue weighted by molar-refractivity contribution is -0.146. The van der Waals surface area contributed by atoms with Gasteiger partial charge in [0.1, 0.15) is 18.6 Å². The third-order valence-corrected chi connectivity index (χ3v) is 3.44. The van der Waals surface area contributed by atoms with Crippen LogP contribution < -0.4 is 5.32 Å². The van der Waals surface area contributed by atoms with E-state index in [1.54, 1.807) is 0 Å². The third kappa shape index (κ3) is 2.06. The molecule has 0 saturated carbocycles. The zero-order valence-electron chi connectivity index (χ0n) is 9.84. The van der Waals surface area contributed by atoms with Crippen molar-refractivity contribution >= 4 is 11.5 Å². The number of amidine groups is 1. The molecule has 7 heteroatoms. The summed E-state index contributed by atoms with van der Waals surface area (Å²) < 4.78 is 50.8. The molecule has 0 aromatic rings. The first-order chi connectivity index (χ1) is 8.99. The monoisotopic (exact) mass is 273 g/mol. The quantitative estimate of drug-likeness (QED) is 0.732. The molecule has 2 unspecified atom stereocenters. The number of nitrogens with one attached hydrogen (secondary N) is 1. The standard InChI is InChI=1S/C12H11F4N3/c13-4-6-3-7-10-8(18-11(7)17-5-6)1-2-9(19-10)12(14,15)16/h1,5,7,9H,2-4H2,(H,17,18). The molecule has 3 aliphatic heterocycles. The molecule has 0 aliphatic carbocycles. The van der Waals surface area contributed by atoms with Crippen LogP contribution in [0, 0.1) is 5.92 Å². The average Bonchev–Trinajstić information content (AvgIpc) is 2.74. The van der Waals surface area contributed by atoms with E-state index in [1.165, 1.54) is 12.3 Å². The number of allylic oxidation sites excluding steroid dienone is 2. The van der Waals surface area contributed by atoms with Gasteiger partial charge in [-0.2, -0.15) is 13.2 Å². The van der Waals surface area contributed by atoms with Gasteiger partial charge in [0.25, 0.3) is 0 Å². The Kier molecular flexibility index (Phi) is 2.72. The summed E-state index contributed by atoms with van der Waals surface area (Å²) in [6.07, 6.45) is -1.25. The van der Waals surface area contributed by atoms with Gasteiger partial charge in [0.05, 0.1) is 17.3 Å². The number of rotatable bonds is 1. The molecule has 3 heterocycles. The summed E-state index contributed by atoms with van der Waals surface area (Å²) in [5.74, 6) is 0.192. The predicted octanol–water partition coefficient (Wildman–Crippen LogP) is 2.52. The molecule has 0 bridgehead atoms. The molecule has 0 aromatic carbocycles. The van der Waals surface area contributed by atoms with Crippen LogP contribution in [0.5, 0.6) is 0 Å². The number of dihydropyridines is 1. The van der Waals surface area contributed by atoms with Gasteiger partial charge in [0.15, 0.2) is 0 Å². The van der Waals surface area contributed by atoms with E-state index in [1.807, 2.05) is 0 Å². The van der Waals surface area contributed by atoms with E-state index >= 15 is 0 Å². The van der Waals surface area contributed by atoms with E-state index in [-0.39, 0.29) is 12.3 Å². The number of nitrogens with zero attached hydrogens (tertiary/aromatic N) is 2. The van der Waals surface area contributed by atoms with Gasteiger partial charge in [0.2, 0.25) is 0 Å². The molecule has 3 nitrogen and oxygen atoms in total. The van der Waals surface area contributed by atoms with Crippen LogP contribution in [0.1, 0.15) is 12.8 Å². The van der Waals surface area contributed by atoms with Crippen molar-refractivity contribution in [3.05, 3.63) is 23.5 Å². The van der Waals surface area contributed by atoms with Gasteiger partial charge in [-0.05, 0) is 18.4 Å².